The molecule has 0 aliphatic rings. The Labute approximate surface area is 112 Å². The molecule has 1 aromatic carbocycles. The minimum Gasteiger partial charge on any atom is -0.504 e. The van der Waals surface area contributed by atoms with Gasteiger partial charge in [0.1, 0.15) is 5.82 Å². The molecular weight excluding hydrogens is 242 g/mol. The quantitative estimate of drug-likeness (QED) is 0.883. The highest BCUT2D eigenvalue weighted by Gasteiger charge is 2.08. The third kappa shape index (κ3) is 2.93. The molecule has 5 heteroatoms. The van der Waals surface area contributed by atoms with Crippen LogP contribution in [0.3, 0.4) is 0 Å². The zero-order valence-corrected chi connectivity index (χ0v) is 11.3. The first kappa shape index (κ1) is 13.1. The summed E-state index contributed by atoms with van der Waals surface area (Å²) in [5.41, 5.74) is 1.69. The molecule has 0 fully saturated rings. The van der Waals surface area contributed by atoms with Gasteiger partial charge < -0.3 is 15.2 Å². The number of nitrogens with zero attached hydrogens (tertiary/aromatic N) is 2. The van der Waals surface area contributed by atoms with E-state index >= 15 is 0 Å². The largest absolute Gasteiger partial charge is 0.504 e. The lowest BCUT2D eigenvalue weighted by Crippen LogP contribution is -2.02. The number of hydrogen-bond donors (Lipinski definition) is 2. The van der Waals surface area contributed by atoms with E-state index in [1.807, 2.05) is 19.9 Å². The topological polar surface area (TPSA) is 67.3 Å². The number of rotatable bonds is 4. The van der Waals surface area contributed by atoms with Crippen molar-refractivity contribution in [3.8, 4) is 22.9 Å². The van der Waals surface area contributed by atoms with E-state index in [1.54, 1.807) is 18.2 Å². The van der Waals surface area contributed by atoms with Crippen molar-refractivity contribution in [3.63, 3.8) is 0 Å². The Bertz CT molecular complexity index is 585. The van der Waals surface area contributed by atoms with E-state index in [9.17, 15) is 5.11 Å². The summed E-state index contributed by atoms with van der Waals surface area (Å²) in [6.45, 7) is 4.74. The Morgan fingerprint density at radius 1 is 1.26 bits per heavy atom. The minimum absolute atomic E-state index is 0.103. The Morgan fingerprint density at radius 3 is 2.74 bits per heavy atom. The molecule has 0 saturated heterocycles. The molecule has 19 heavy (non-hydrogen) atoms. The number of ether oxygens (including phenoxy) is 1. The highest BCUT2D eigenvalue weighted by atomic mass is 16.5. The van der Waals surface area contributed by atoms with Crippen molar-refractivity contribution in [2.75, 3.05) is 19.0 Å². The third-order valence-corrected chi connectivity index (χ3v) is 2.65. The van der Waals surface area contributed by atoms with E-state index in [2.05, 4.69) is 15.3 Å². The SMILES string of the molecule is CCNc1cc(C)nc(-c2ccc(O)c(OC)c2)n1. The summed E-state index contributed by atoms with van der Waals surface area (Å²) in [5.74, 6) is 1.91. The molecule has 0 spiro atoms. The number of nitrogens with one attached hydrogen (secondary N) is 1. The summed E-state index contributed by atoms with van der Waals surface area (Å²) in [5, 5.41) is 12.8. The predicted octanol–water partition coefficient (Wildman–Crippen LogP) is 2.60. The second kappa shape index (κ2) is 5.56. The van der Waals surface area contributed by atoms with Crippen LogP contribution in [0.1, 0.15) is 12.6 Å². The van der Waals surface area contributed by atoms with Crippen LogP contribution >= 0.6 is 0 Å². The van der Waals surface area contributed by atoms with Gasteiger partial charge in [-0.15, -0.1) is 0 Å². The molecule has 2 rings (SSSR count). The lowest BCUT2D eigenvalue weighted by molar-refractivity contribution is 0.373. The molecule has 0 bridgehead atoms. The van der Waals surface area contributed by atoms with Crippen LogP contribution in [0.4, 0.5) is 5.82 Å². The van der Waals surface area contributed by atoms with E-state index in [1.165, 1.54) is 7.11 Å². The van der Waals surface area contributed by atoms with Gasteiger partial charge in [-0.1, -0.05) is 0 Å². The normalized spacial score (nSPS) is 10.3. The monoisotopic (exact) mass is 259 g/mol. The Hall–Kier alpha value is -2.30. The first-order chi connectivity index (χ1) is 9.13. The second-order valence-corrected chi connectivity index (χ2v) is 4.14. The van der Waals surface area contributed by atoms with E-state index in [0.717, 1.165) is 23.6 Å². The van der Waals surface area contributed by atoms with Crippen LogP contribution in [0.25, 0.3) is 11.4 Å². The maximum atomic E-state index is 9.60. The van der Waals surface area contributed by atoms with Crippen molar-refractivity contribution in [3.05, 3.63) is 30.0 Å². The predicted molar refractivity (Wildman–Crippen MR) is 74.6 cm³/mol. The summed E-state index contributed by atoms with van der Waals surface area (Å²) in [7, 11) is 1.51. The van der Waals surface area contributed by atoms with Gasteiger partial charge in [0, 0.05) is 23.9 Å². The van der Waals surface area contributed by atoms with Crippen molar-refractivity contribution >= 4 is 5.82 Å². The van der Waals surface area contributed by atoms with E-state index in [4.69, 9.17) is 4.74 Å². The van der Waals surface area contributed by atoms with Gasteiger partial charge in [0.05, 0.1) is 7.11 Å². The lowest BCUT2D eigenvalue weighted by atomic mass is 10.2. The molecule has 2 aromatic rings. The summed E-state index contributed by atoms with van der Waals surface area (Å²) >= 11 is 0. The standard InChI is InChI=1S/C14H17N3O2/c1-4-15-13-7-9(2)16-14(17-13)10-5-6-11(18)12(8-10)19-3/h5-8,18H,4H2,1-3H3,(H,15,16,17). The van der Waals surface area contributed by atoms with Gasteiger partial charge in [-0.2, -0.15) is 0 Å². The molecule has 2 N–H and O–H groups in total. The summed E-state index contributed by atoms with van der Waals surface area (Å²) in [6.07, 6.45) is 0. The molecule has 100 valence electrons. The maximum Gasteiger partial charge on any atom is 0.161 e. The number of phenols is 1. The highest BCUT2D eigenvalue weighted by molar-refractivity contribution is 5.62. The van der Waals surface area contributed by atoms with Gasteiger partial charge in [0.25, 0.3) is 0 Å². The fourth-order valence-electron chi connectivity index (χ4n) is 1.79. The summed E-state index contributed by atoms with van der Waals surface area (Å²) < 4.78 is 5.09. The Morgan fingerprint density at radius 2 is 2.05 bits per heavy atom. The van der Waals surface area contributed by atoms with Gasteiger partial charge in [-0.05, 0) is 32.0 Å². The molecular formula is C14H17N3O2. The molecule has 0 atom stereocenters. The van der Waals surface area contributed by atoms with Crippen molar-refractivity contribution in [1.29, 1.82) is 0 Å². The first-order valence-corrected chi connectivity index (χ1v) is 6.11. The number of phenolic OH excluding ortho intramolecular Hbond substituents is 1. The smallest absolute Gasteiger partial charge is 0.161 e. The number of anilines is 1. The van der Waals surface area contributed by atoms with Gasteiger partial charge in [0.2, 0.25) is 0 Å². The summed E-state index contributed by atoms with van der Waals surface area (Å²) in [4.78, 5) is 8.84. The van der Waals surface area contributed by atoms with Crippen LogP contribution in [0.2, 0.25) is 0 Å². The van der Waals surface area contributed by atoms with Crippen LogP contribution in [0.15, 0.2) is 24.3 Å². The van der Waals surface area contributed by atoms with Crippen molar-refractivity contribution in [1.82, 2.24) is 9.97 Å². The fourth-order valence-corrected chi connectivity index (χ4v) is 1.79. The first-order valence-electron chi connectivity index (χ1n) is 6.11. The van der Waals surface area contributed by atoms with Crippen LogP contribution in [-0.4, -0.2) is 28.7 Å². The zero-order valence-electron chi connectivity index (χ0n) is 11.3. The highest BCUT2D eigenvalue weighted by Crippen LogP contribution is 2.30. The molecule has 5 nitrogen and oxygen atoms in total. The number of benzene rings is 1. The van der Waals surface area contributed by atoms with Gasteiger partial charge >= 0.3 is 0 Å². The Kier molecular flexibility index (Phi) is 3.85. The molecule has 0 amide bonds. The molecule has 0 aliphatic heterocycles. The van der Waals surface area contributed by atoms with Crippen LogP contribution in [0.5, 0.6) is 11.5 Å². The number of methoxy groups -OCH3 is 1. The average Bonchev–Trinajstić information content (AvgIpc) is 2.39. The molecule has 1 aromatic heterocycles. The van der Waals surface area contributed by atoms with Crippen LogP contribution in [0, 0.1) is 6.92 Å². The van der Waals surface area contributed by atoms with E-state index in [-0.39, 0.29) is 5.75 Å². The van der Waals surface area contributed by atoms with Crippen LogP contribution in [-0.2, 0) is 0 Å². The minimum atomic E-state index is 0.103. The fraction of sp³-hybridized carbons (Fsp3) is 0.286. The molecule has 0 aliphatic carbocycles. The number of hydrogen-bond acceptors (Lipinski definition) is 5. The Balaban J connectivity index is 2.46. The average molecular weight is 259 g/mol. The van der Waals surface area contributed by atoms with E-state index in [0.29, 0.717) is 11.6 Å². The maximum absolute atomic E-state index is 9.60. The van der Waals surface area contributed by atoms with Gasteiger partial charge in [-0.3, -0.25) is 0 Å². The van der Waals surface area contributed by atoms with Crippen molar-refractivity contribution in [2.24, 2.45) is 0 Å². The molecule has 0 saturated carbocycles. The lowest BCUT2D eigenvalue weighted by Gasteiger charge is -2.09. The van der Waals surface area contributed by atoms with Crippen LogP contribution < -0.4 is 10.1 Å². The molecule has 1 heterocycles. The number of aromatic hydroxyl groups is 1. The second-order valence-electron chi connectivity index (χ2n) is 4.14. The number of aryl methyl sites for hydroxylation is 1. The zero-order chi connectivity index (χ0) is 13.8. The summed E-state index contributed by atoms with van der Waals surface area (Å²) in [6, 6.07) is 6.96. The molecule has 0 radical (unpaired) electrons. The molecule has 0 unspecified atom stereocenters. The van der Waals surface area contributed by atoms with Crippen molar-refractivity contribution < 1.29 is 9.84 Å². The third-order valence-electron chi connectivity index (χ3n) is 2.65. The van der Waals surface area contributed by atoms with Gasteiger partial charge in [-0.25, -0.2) is 9.97 Å². The van der Waals surface area contributed by atoms with E-state index < -0.39 is 0 Å². The van der Waals surface area contributed by atoms with Crippen molar-refractivity contribution in [2.45, 2.75) is 13.8 Å². The van der Waals surface area contributed by atoms with Gasteiger partial charge in [0.15, 0.2) is 17.3 Å². The number of aromatic nitrogens is 2.